The molecule has 6 nitrogen and oxygen atoms in total. The van der Waals surface area contributed by atoms with Crippen LogP contribution in [0.15, 0.2) is 70.6 Å². The number of fused-ring (bicyclic) bond motifs is 2. The highest BCUT2D eigenvalue weighted by molar-refractivity contribution is 7.91. The molecule has 3 aromatic carbocycles. The Morgan fingerprint density at radius 2 is 1.66 bits per heavy atom. The molecule has 1 saturated heterocycles. The van der Waals surface area contributed by atoms with Crippen LogP contribution in [0.2, 0.25) is 0 Å². The quantitative estimate of drug-likeness (QED) is 0.523. The summed E-state index contributed by atoms with van der Waals surface area (Å²) in [5.41, 5.74) is 1.73. The second-order valence-corrected chi connectivity index (χ2v) is 8.83. The summed E-state index contributed by atoms with van der Waals surface area (Å²) in [4.78, 5) is 2.58. The van der Waals surface area contributed by atoms with Crippen molar-refractivity contribution in [2.24, 2.45) is 0 Å². The minimum absolute atomic E-state index is 0. The molecule has 0 radical (unpaired) electrons. The van der Waals surface area contributed by atoms with Crippen LogP contribution in [-0.2, 0) is 9.84 Å². The molecule has 150 valence electrons. The molecule has 8 heteroatoms. The van der Waals surface area contributed by atoms with Crippen LogP contribution in [0.4, 0.5) is 5.69 Å². The topological polar surface area (TPSA) is 78.1 Å². The van der Waals surface area contributed by atoms with Gasteiger partial charge in [0, 0.05) is 42.6 Å². The van der Waals surface area contributed by atoms with Gasteiger partial charge in [0.25, 0.3) is 0 Å². The number of rotatable bonds is 3. The number of aromatic amines is 1. The number of hydrogen-bond acceptors (Lipinski definition) is 5. The summed E-state index contributed by atoms with van der Waals surface area (Å²) in [5.74, 6) is 0. The average molecular weight is 429 g/mol. The number of anilines is 1. The number of nitrogens with one attached hydrogen (secondary N) is 2. The molecule has 0 saturated carbocycles. The van der Waals surface area contributed by atoms with E-state index in [0.717, 1.165) is 37.3 Å². The predicted molar refractivity (Wildman–Crippen MR) is 118 cm³/mol. The van der Waals surface area contributed by atoms with Gasteiger partial charge in [-0.3, -0.25) is 5.10 Å². The fourth-order valence-electron chi connectivity index (χ4n) is 3.84. The van der Waals surface area contributed by atoms with E-state index in [9.17, 15) is 8.42 Å². The number of hydrogen-bond donors (Lipinski definition) is 2. The van der Waals surface area contributed by atoms with Gasteiger partial charge >= 0.3 is 0 Å². The Hall–Kier alpha value is -2.61. The molecule has 1 fully saturated rings. The normalized spacial score (nSPS) is 14.8. The van der Waals surface area contributed by atoms with Gasteiger partial charge in [0.2, 0.25) is 9.84 Å². The molecule has 0 bridgehead atoms. The summed E-state index contributed by atoms with van der Waals surface area (Å²) in [6.07, 6.45) is 0. The van der Waals surface area contributed by atoms with Crippen molar-refractivity contribution in [1.82, 2.24) is 15.5 Å². The number of aromatic nitrogens is 2. The summed E-state index contributed by atoms with van der Waals surface area (Å²) < 4.78 is 26.8. The third-order valence-electron chi connectivity index (χ3n) is 5.29. The monoisotopic (exact) mass is 428 g/mol. The highest BCUT2D eigenvalue weighted by atomic mass is 35.5. The van der Waals surface area contributed by atoms with E-state index in [1.807, 2.05) is 48.5 Å². The highest BCUT2D eigenvalue weighted by Crippen LogP contribution is 2.32. The molecule has 0 amide bonds. The van der Waals surface area contributed by atoms with Crippen LogP contribution in [0, 0.1) is 0 Å². The summed E-state index contributed by atoms with van der Waals surface area (Å²) in [5, 5.41) is 12.8. The molecule has 5 rings (SSSR count). The lowest BCUT2D eigenvalue weighted by Gasteiger charge is -2.29. The SMILES string of the molecule is Cl.O=S(=O)(c1cccc2ccccc12)c1[nH]nc2cc(N3CCNCC3)ccc12. The molecule has 4 aromatic rings. The maximum atomic E-state index is 13.4. The fourth-order valence-corrected chi connectivity index (χ4v) is 5.42. The summed E-state index contributed by atoms with van der Waals surface area (Å²) in [6.45, 7) is 3.74. The number of piperazine rings is 1. The molecule has 1 aliphatic rings. The molecule has 0 atom stereocenters. The molecular formula is C21H21ClN4O2S. The molecule has 2 N–H and O–H groups in total. The van der Waals surface area contributed by atoms with Crippen LogP contribution < -0.4 is 10.2 Å². The van der Waals surface area contributed by atoms with E-state index in [-0.39, 0.29) is 17.4 Å². The smallest absolute Gasteiger partial charge is 0.224 e. The van der Waals surface area contributed by atoms with Gasteiger partial charge in [-0.25, -0.2) is 8.42 Å². The summed E-state index contributed by atoms with van der Waals surface area (Å²) in [7, 11) is -3.73. The number of benzene rings is 3. The van der Waals surface area contributed by atoms with E-state index in [4.69, 9.17) is 0 Å². The van der Waals surface area contributed by atoms with Crippen molar-refractivity contribution in [3.05, 3.63) is 60.7 Å². The van der Waals surface area contributed by atoms with Crippen LogP contribution in [0.1, 0.15) is 0 Å². The Balaban J connectivity index is 0.00000205. The Bertz CT molecular complexity index is 1280. The Labute approximate surface area is 175 Å². The maximum Gasteiger partial charge on any atom is 0.224 e. The predicted octanol–water partition coefficient (Wildman–Crippen LogP) is 3.38. The number of H-pyrrole nitrogens is 1. The van der Waals surface area contributed by atoms with Crippen molar-refractivity contribution < 1.29 is 8.42 Å². The first-order valence-electron chi connectivity index (χ1n) is 9.31. The van der Waals surface area contributed by atoms with Gasteiger partial charge < -0.3 is 10.2 Å². The third-order valence-corrected chi connectivity index (χ3v) is 7.08. The van der Waals surface area contributed by atoms with Gasteiger partial charge in [-0.2, -0.15) is 5.10 Å². The first-order valence-corrected chi connectivity index (χ1v) is 10.8. The van der Waals surface area contributed by atoms with E-state index in [1.54, 1.807) is 12.1 Å². The zero-order valence-electron chi connectivity index (χ0n) is 15.6. The van der Waals surface area contributed by atoms with E-state index in [2.05, 4.69) is 20.4 Å². The number of nitrogens with zero attached hydrogens (tertiary/aromatic N) is 2. The van der Waals surface area contributed by atoms with Gasteiger partial charge in [0.15, 0.2) is 5.03 Å². The first kappa shape index (κ1) is 19.7. The highest BCUT2D eigenvalue weighted by Gasteiger charge is 2.25. The van der Waals surface area contributed by atoms with Gasteiger partial charge in [-0.05, 0) is 29.7 Å². The zero-order valence-corrected chi connectivity index (χ0v) is 17.3. The van der Waals surface area contributed by atoms with Gasteiger partial charge in [-0.15, -0.1) is 12.4 Å². The summed E-state index contributed by atoms with van der Waals surface area (Å²) in [6, 6.07) is 18.6. The first-order chi connectivity index (χ1) is 13.6. The van der Waals surface area contributed by atoms with Gasteiger partial charge in [0.1, 0.15) is 0 Å². The van der Waals surface area contributed by atoms with Gasteiger partial charge in [0.05, 0.1) is 10.4 Å². The largest absolute Gasteiger partial charge is 0.369 e. The van der Waals surface area contributed by atoms with Gasteiger partial charge in [-0.1, -0.05) is 36.4 Å². The lowest BCUT2D eigenvalue weighted by atomic mass is 10.1. The molecular weight excluding hydrogens is 408 g/mol. The van der Waals surface area contributed by atoms with E-state index >= 15 is 0 Å². The van der Waals surface area contributed by atoms with Crippen LogP contribution in [0.5, 0.6) is 0 Å². The molecule has 0 unspecified atom stereocenters. The molecule has 1 aromatic heterocycles. The standard InChI is InChI=1S/C21H20N4O2S.ClH/c26-28(27,20-7-3-5-15-4-1-2-6-17(15)20)21-18-9-8-16(14-19(18)23-24-21)25-12-10-22-11-13-25;/h1-9,14,22H,10-13H2,(H,23,24);1H. The van der Waals surface area contributed by atoms with E-state index in [0.29, 0.717) is 21.2 Å². The minimum atomic E-state index is -3.73. The minimum Gasteiger partial charge on any atom is -0.369 e. The Morgan fingerprint density at radius 3 is 2.48 bits per heavy atom. The molecule has 0 spiro atoms. The molecule has 0 aliphatic carbocycles. The third kappa shape index (κ3) is 3.35. The second-order valence-electron chi connectivity index (χ2n) is 6.97. The number of sulfone groups is 1. The number of halogens is 1. The molecule has 29 heavy (non-hydrogen) atoms. The fraction of sp³-hybridized carbons (Fsp3) is 0.190. The van der Waals surface area contributed by atoms with E-state index < -0.39 is 9.84 Å². The van der Waals surface area contributed by atoms with Crippen molar-refractivity contribution in [2.75, 3.05) is 31.1 Å². The van der Waals surface area contributed by atoms with Crippen LogP contribution in [-0.4, -0.2) is 44.8 Å². The Kier molecular flexibility index (Phi) is 5.21. The van der Waals surface area contributed by atoms with E-state index in [1.165, 1.54) is 0 Å². The Morgan fingerprint density at radius 1 is 0.897 bits per heavy atom. The average Bonchev–Trinajstić information content (AvgIpc) is 3.18. The van der Waals surface area contributed by atoms with Crippen LogP contribution in [0.25, 0.3) is 21.7 Å². The lowest BCUT2D eigenvalue weighted by Crippen LogP contribution is -2.43. The van der Waals surface area contributed by atoms with Crippen molar-refractivity contribution in [3.8, 4) is 0 Å². The second kappa shape index (κ2) is 7.67. The van der Waals surface area contributed by atoms with Crippen molar-refractivity contribution in [3.63, 3.8) is 0 Å². The summed E-state index contributed by atoms with van der Waals surface area (Å²) >= 11 is 0. The van der Waals surface area contributed by atoms with Crippen molar-refractivity contribution in [2.45, 2.75) is 9.92 Å². The van der Waals surface area contributed by atoms with Crippen molar-refractivity contribution in [1.29, 1.82) is 0 Å². The lowest BCUT2D eigenvalue weighted by molar-refractivity contribution is 0.589. The van der Waals surface area contributed by atoms with Crippen molar-refractivity contribution >= 4 is 49.6 Å². The zero-order chi connectivity index (χ0) is 19.1. The molecule has 1 aliphatic heterocycles. The van der Waals surface area contributed by atoms with Crippen LogP contribution in [0.3, 0.4) is 0 Å². The maximum absolute atomic E-state index is 13.4. The molecule has 2 heterocycles. The van der Waals surface area contributed by atoms with Crippen LogP contribution >= 0.6 is 12.4 Å².